The Bertz CT molecular complexity index is 982. The molecule has 8 heteroatoms. The van der Waals surface area contributed by atoms with Crippen molar-refractivity contribution < 1.29 is 18.6 Å². The Hall–Kier alpha value is -3.00. The van der Waals surface area contributed by atoms with Gasteiger partial charge in [0, 0.05) is 17.9 Å². The molecule has 3 aromatic rings. The molecule has 0 fully saturated rings. The molecule has 0 radical (unpaired) electrons. The van der Waals surface area contributed by atoms with Crippen molar-refractivity contribution in [2.75, 3.05) is 21.3 Å². The molecule has 0 amide bonds. The molecular weight excluding hydrogens is 393 g/mol. The number of nitrogens with zero attached hydrogens (tertiary/aromatic N) is 3. The number of hydrogen-bond donors (Lipinski definition) is 0. The molecule has 0 bridgehead atoms. The third kappa shape index (κ3) is 4.54. The number of halogens is 1. The monoisotopic (exact) mass is 415 g/mol. The lowest BCUT2D eigenvalue weighted by Crippen LogP contribution is -2.02. The first-order valence-electron chi connectivity index (χ1n) is 8.83. The van der Waals surface area contributed by atoms with Crippen molar-refractivity contribution in [2.24, 2.45) is 0 Å². The second kappa shape index (κ2) is 9.47. The van der Waals surface area contributed by atoms with Crippen LogP contribution in [0.4, 0.5) is 4.39 Å². The van der Waals surface area contributed by atoms with E-state index in [0.717, 1.165) is 11.1 Å². The van der Waals surface area contributed by atoms with Crippen LogP contribution in [-0.4, -0.2) is 36.1 Å². The average Bonchev–Trinajstić information content (AvgIpc) is 3.14. The van der Waals surface area contributed by atoms with Crippen LogP contribution in [0.2, 0.25) is 0 Å². The van der Waals surface area contributed by atoms with E-state index in [1.54, 1.807) is 33.5 Å². The molecule has 0 saturated heterocycles. The maximum absolute atomic E-state index is 13.4. The minimum absolute atomic E-state index is 0.256. The van der Waals surface area contributed by atoms with Crippen LogP contribution in [0.1, 0.15) is 5.56 Å². The molecule has 2 aromatic carbocycles. The highest BCUT2D eigenvalue weighted by Gasteiger charge is 2.19. The van der Waals surface area contributed by atoms with E-state index < -0.39 is 0 Å². The zero-order valence-corrected chi connectivity index (χ0v) is 17.3. The molecule has 152 valence electrons. The van der Waals surface area contributed by atoms with E-state index in [1.165, 1.54) is 23.9 Å². The highest BCUT2D eigenvalue weighted by Crippen LogP contribution is 2.41. The van der Waals surface area contributed by atoms with Crippen molar-refractivity contribution in [3.63, 3.8) is 0 Å². The summed E-state index contributed by atoms with van der Waals surface area (Å²) >= 11 is 1.48. The molecule has 1 heterocycles. The maximum atomic E-state index is 13.4. The first-order valence-corrected chi connectivity index (χ1v) is 9.81. The van der Waals surface area contributed by atoms with Crippen molar-refractivity contribution in [1.29, 1.82) is 0 Å². The minimum atomic E-state index is -0.256. The average molecular weight is 415 g/mol. The number of benzene rings is 2. The minimum Gasteiger partial charge on any atom is -0.493 e. The highest BCUT2D eigenvalue weighted by molar-refractivity contribution is 7.98. The van der Waals surface area contributed by atoms with Gasteiger partial charge < -0.3 is 14.2 Å². The van der Waals surface area contributed by atoms with E-state index in [-0.39, 0.29) is 5.82 Å². The van der Waals surface area contributed by atoms with Crippen molar-refractivity contribution in [3.8, 4) is 28.6 Å². The first kappa shape index (κ1) is 20.7. The summed E-state index contributed by atoms with van der Waals surface area (Å²) in [7, 11) is 4.69. The molecule has 6 nitrogen and oxygen atoms in total. The van der Waals surface area contributed by atoms with E-state index in [0.29, 0.717) is 40.5 Å². The van der Waals surface area contributed by atoms with Gasteiger partial charge in [-0.05, 0) is 29.8 Å². The number of thioether (sulfide) groups is 1. The van der Waals surface area contributed by atoms with Crippen molar-refractivity contribution >= 4 is 11.8 Å². The Balaban J connectivity index is 1.97. The smallest absolute Gasteiger partial charge is 0.203 e. The third-order valence-corrected chi connectivity index (χ3v) is 5.25. The summed E-state index contributed by atoms with van der Waals surface area (Å²) in [5, 5.41) is 9.39. The van der Waals surface area contributed by atoms with Gasteiger partial charge in [0.05, 0.1) is 21.3 Å². The molecule has 29 heavy (non-hydrogen) atoms. The molecule has 0 aliphatic heterocycles. The summed E-state index contributed by atoms with van der Waals surface area (Å²) < 4.78 is 31.6. The standard InChI is InChI=1S/C21H22FN3O3S/c1-5-9-25-20(15-11-17(26-2)19(28-4)18(12-15)27-3)23-24-21(25)29-13-14-7-6-8-16(22)10-14/h5-8,10-12H,1,9,13H2,2-4H3. The van der Waals surface area contributed by atoms with Gasteiger partial charge in [-0.15, -0.1) is 16.8 Å². The Morgan fingerprint density at radius 2 is 1.79 bits per heavy atom. The van der Waals surface area contributed by atoms with Crippen LogP contribution < -0.4 is 14.2 Å². The molecule has 0 N–H and O–H groups in total. The molecule has 0 aliphatic rings. The first-order chi connectivity index (χ1) is 14.1. The molecule has 0 aliphatic carbocycles. The highest BCUT2D eigenvalue weighted by atomic mass is 32.2. The van der Waals surface area contributed by atoms with Crippen LogP contribution in [0, 0.1) is 5.82 Å². The van der Waals surface area contributed by atoms with Crippen LogP contribution in [0.15, 0.2) is 54.2 Å². The molecular formula is C21H22FN3O3S. The number of rotatable bonds is 9. The van der Waals surface area contributed by atoms with Crippen LogP contribution in [0.5, 0.6) is 17.2 Å². The number of ether oxygens (including phenoxy) is 3. The quantitative estimate of drug-likeness (QED) is 0.376. The fourth-order valence-electron chi connectivity index (χ4n) is 2.89. The fourth-order valence-corrected chi connectivity index (χ4v) is 3.78. The maximum Gasteiger partial charge on any atom is 0.203 e. The molecule has 0 atom stereocenters. The SMILES string of the molecule is C=CCn1c(SCc2cccc(F)c2)nnc1-c1cc(OC)c(OC)c(OC)c1. The topological polar surface area (TPSA) is 58.4 Å². The second-order valence-corrected chi connectivity index (χ2v) is 6.98. The number of methoxy groups -OCH3 is 3. The number of aromatic nitrogens is 3. The molecule has 1 aromatic heterocycles. The lowest BCUT2D eigenvalue weighted by atomic mass is 10.1. The predicted octanol–water partition coefficient (Wildman–Crippen LogP) is 4.59. The van der Waals surface area contributed by atoms with Gasteiger partial charge in [0.2, 0.25) is 5.75 Å². The van der Waals surface area contributed by atoms with Gasteiger partial charge in [0.15, 0.2) is 22.5 Å². The largest absolute Gasteiger partial charge is 0.493 e. The van der Waals surface area contributed by atoms with Gasteiger partial charge in [0.25, 0.3) is 0 Å². The predicted molar refractivity (Wildman–Crippen MR) is 111 cm³/mol. The van der Waals surface area contributed by atoms with Gasteiger partial charge >= 0.3 is 0 Å². The van der Waals surface area contributed by atoms with Crippen LogP contribution in [0.25, 0.3) is 11.4 Å². The Labute approximate surface area is 173 Å². The molecule has 0 saturated carbocycles. The summed E-state index contributed by atoms with van der Waals surface area (Å²) in [6, 6.07) is 10.2. The van der Waals surface area contributed by atoms with Crippen molar-refractivity contribution in [3.05, 3.63) is 60.4 Å². The lowest BCUT2D eigenvalue weighted by molar-refractivity contribution is 0.324. The fraction of sp³-hybridized carbons (Fsp3) is 0.238. The summed E-state index contributed by atoms with van der Waals surface area (Å²) in [5.41, 5.74) is 1.64. The zero-order chi connectivity index (χ0) is 20.8. The van der Waals surface area contributed by atoms with E-state index in [2.05, 4.69) is 16.8 Å². The van der Waals surface area contributed by atoms with Gasteiger partial charge in [-0.1, -0.05) is 30.0 Å². The van der Waals surface area contributed by atoms with Crippen molar-refractivity contribution in [1.82, 2.24) is 14.8 Å². The third-order valence-electron chi connectivity index (χ3n) is 4.21. The van der Waals surface area contributed by atoms with Gasteiger partial charge in [-0.2, -0.15) is 0 Å². The Morgan fingerprint density at radius 1 is 1.07 bits per heavy atom. The van der Waals surface area contributed by atoms with E-state index >= 15 is 0 Å². The van der Waals surface area contributed by atoms with Crippen LogP contribution in [0.3, 0.4) is 0 Å². The zero-order valence-electron chi connectivity index (χ0n) is 16.5. The number of hydrogen-bond acceptors (Lipinski definition) is 6. The molecule has 0 spiro atoms. The number of allylic oxidation sites excluding steroid dienone is 1. The van der Waals surface area contributed by atoms with Crippen molar-refractivity contribution in [2.45, 2.75) is 17.5 Å². The van der Waals surface area contributed by atoms with Crippen LogP contribution in [-0.2, 0) is 12.3 Å². The molecule has 3 rings (SSSR count). The summed E-state index contributed by atoms with van der Waals surface area (Å²) in [6.45, 7) is 4.35. The van der Waals surface area contributed by atoms with E-state index in [9.17, 15) is 4.39 Å². The normalized spacial score (nSPS) is 10.6. The Morgan fingerprint density at radius 3 is 2.38 bits per heavy atom. The summed E-state index contributed by atoms with van der Waals surface area (Å²) in [6.07, 6.45) is 1.77. The Kier molecular flexibility index (Phi) is 6.77. The second-order valence-electron chi connectivity index (χ2n) is 6.04. The van der Waals surface area contributed by atoms with Gasteiger partial charge in [-0.3, -0.25) is 4.57 Å². The summed E-state index contributed by atoms with van der Waals surface area (Å²) in [4.78, 5) is 0. The van der Waals surface area contributed by atoms with Crippen LogP contribution >= 0.6 is 11.8 Å². The van der Waals surface area contributed by atoms with E-state index in [4.69, 9.17) is 14.2 Å². The summed E-state index contributed by atoms with van der Waals surface area (Å²) in [5.74, 6) is 2.53. The van der Waals surface area contributed by atoms with Gasteiger partial charge in [-0.25, -0.2) is 4.39 Å². The van der Waals surface area contributed by atoms with E-state index in [1.807, 2.05) is 22.8 Å². The lowest BCUT2D eigenvalue weighted by Gasteiger charge is -2.14. The molecule has 0 unspecified atom stereocenters. The van der Waals surface area contributed by atoms with Gasteiger partial charge in [0.1, 0.15) is 5.82 Å².